The molecule has 1 heterocycles. The van der Waals surface area contributed by atoms with Crippen LogP contribution < -0.4 is 5.32 Å². The molecule has 0 bridgehead atoms. The number of anilines is 1. The van der Waals surface area contributed by atoms with E-state index in [1.807, 2.05) is 35.0 Å². The number of nitrogens with one attached hydrogen (secondary N) is 1. The molecule has 3 rings (SSSR count). The fourth-order valence-electron chi connectivity index (χ4n) is 2.22. The molecule has 5 heteroatoms. The van der Waals surface area contributed by atoms with Crippen molar-refractivity contribution in [3.63, 3.8) is 0 Å². The third-order valence-corrected chi connectivity index (χ3v) is 3.63. The van der Waals surface area contributed by atoms with Crippen LogP contribution in [0.25, 0.3) is 10.9 Å². The maximum Gasteiger partial charge on any atom is 0.244 e. The number of benzene rings is 2. The van der Waals surface area contributed by atoms with Crippen molar-refractivity contribution < 1.29 is 4.79 Å². The molecule has 106 valence electrons. The summed E-state index contributed by atoms with van der Waals surface area (Å²) >= 11 is 11.9. The number of aromatic nitrogens is 1. The molecule has 1 aromatic heterocycles. The first-order valence-corrected chi connectivity index (χ1v) is 7.17. The van der Waals surface area contributed by atoms with E-state index in [1.54, 1.807) is 24.3 Å². The Kier molecular flexibility index (Phi) is 3.86. The standard InChI is InChI=1S/C16H12Cl2N2O/c17-12-2-1-3-14(8-12)19-16(21)10-20-7-6-11-4-5-13(18)9-15(11)20/h1-9H,10H2,(H,19,21). The van der Waals surface area contributed by atoms with Gasteiger partial charge in [-0.2, -0.15) is 0 Å². The van der Waals surface area contributed by atoms with Gasteiger partial charge in [-0.1, -0.05) is 35.3 Å². The molecule has 0 aliphatic carbocycles. The number of amides is 1. The SMILES string of the molecule is O=C(Cn1ccc2ccc(Cl)cc21)Nc1cccc(Cl)c1. The second-order valence-electron chi connectivity index (χ2n) is 4.71. The maximum atomic E-state index is 12.1. The van der Waals surface area contributed by atoms with Crippen molar-refractivity contribution in [2.45, 2.75) is 6.54 Å². The Morgan fingerprint density at radius 2 is 1.86 bits per heavy atom. The first kappa shape index (κ1) is 14.0. The van der Waals surface area contributed by atoms with Crippen LogP contribution in [-0.2, 0) is 11.3 Å². The summed E-state index contributed by atoms with van der Waals surface area (Å²) in [5, 5.41) is 5.11. The molecule has 0 saturated heterocycles. The molecule has 0 aliphatic heterocycles. The van der Waals surface area contributed by atoms with Crippen molar-refractivity contribution in [2.24, 2.45) is 0 Å². The van der Waals surface area contributed by atoms with E-state index in [4.69, 9.17) is 23.2 Å². The van der Waals surface area contributed by atoms with Crippen LogP contribution in [-0.4, -0.2) is 10.5 Å². The summed E-state index contributed by atoms with van der Waals surface area (Å²) in [6.07, 6.45) is 1.87. The van der Waals surface area contributed by atoms with E-state index in [0.717, 1.165) is 10.9 Å². The van der Waals surface area contributed by atoms with Crippen molar-refractivity contribution in [3.8, 4) is 0 Å². The molecule has 3 nitrogen and oxygen atoms in total. The lowest BCUT2D eigenvalue weighted by Gasteiger charge is -2.08. The van der Waals surface area contributed by atoms with Gasteiger partial charge < -0.3 is 9.88 Å². The molecule has 0 unspecified atom stereocenters. The van der Waals surface area contributed by atoms with E-state index in [-0.39, 0.29) is 12.5 Å². The molecule has 1 amide bonds. The van der Waals surface area contributed by atoms with E-state index in [9.17, 15) is 4.79 Å². The fourth-order valence-corrected chi connectivity index (χ4v) is 2.57. The summed E-state index contributed by atoms with van der Waals surface area (Å²) in [6, 6.07) is 14.6. The van der Waals surface area contributed by atoms with Gasteiger partial charge in [0.05, 0.1) is 0 Å². The van der Waals surface area contributed by atoms with E-state index in [2.05, 4.69) is 5.32 Å². The lowest BCUT2D eigenvalue weighted by molar-refractivity contribution is -0.116. The first-order chi connectivity index (χ1) is 10.1. The van der Waals surface area contributed by atoms with Crippen LogP contribution in [0, 0.1) is 0 Å². The third kappa shape index (κ3) is 3.20. The fraction of sp³-hybridized carbons (Fsp3) is 0.0625. The highest BCUT2D eigenvalue weighted by Crippen LogP contribution is 2.21. The Bertz CT molecular complexity index is 811. The summed E-state index contributed by atoms with van der Waals surface area (Å²) in [5.74, 6) is -0.116. The highest BCUT2D eigenvalue weighted by atomic mass is 35.5. The quantitative estimate of drug-likeness (QED) is 0.753. The van der Waals surface area contributed by atoms with Gasteiger partial charge in [0.2, 0.25) is 5.91 Å². The zero-order valence-electron chi connectivity index (χ0n) is 11.0. The molecular weight excluding hydrogens is 307 g/mol. The number of rotatable bonds is 3. The van der Waals surface area contributed by atoms with Crippen LogP contribution in [0.4, 0.5) is 5.69 Å². The predicted molar refractivity (Wildman–Crippen MR) is 87.0 cm³/mol. The lowest BCUT2D eigenvalue weighted by Crippen LogP contribution is -2.18. The smallest absolute Gasteiger partial charge is 0.244 e. The molecule has 21 heavy (non-hydrogen) atoms. The Hall–Kier alpha value is -1.97. The van der Waals surface area contributed by atoms with Crippen LogP contribution in [0.2, 0.25) is 10.0 Å². The minimum atomic E-state index is -0.116. The average Bonchev–Trinajstić information content (AvgIpc) is 2.81. The molecule has 2 aromatic carbocycles. The minimum Gasteiger partial charge on any atom is -0.338 e. The number of carbonyl (C=O) groups excluding carboxylic acids is 1. The first-order valence-electron chi connectivity index (χ1n) is 6.42. The largest absolute Gasteiger partial charge is 0.338 e. The Labute approximate surface area is 132 Å². The van der Waals surface area contributed by atoms with Crippen molar-refractivity contribution in [1.82, 2.24) is 4.57 Å². The number of fused-ring (bicyclic) bond motifs is 1. The highest BCUT2D eigenvalue weighted by Gasteiger charge is 2.07. The van der Waals surface area contributed by atoms with Crippen LogP contribution >= 0.6 is 23.2 Å². The second kappa shape index (κ2) is 5.80. The van der Waals surface area contributed by atoms with Crippen LogP contribution in [0.15, 0.2) is 54.7 Å². The van der Waals surface area contributed by atoms with Gasteiger partial charge in [0.25, 0.3) is 0 Å². The summed E-state index contributed by atoms with van der Waals surface area (Å²) in [6.45, 7) is 0.219. The number of hydrogen-bond acceptors (Lipinski definition) is 1. The monoisotopic (exact) mass is 318 g/mol. The van der Waals surface area contributed by atoms with Gasteiger partial charge in [0.1, 0.15) is 6.54 Å². The Balaban J connectivity index is 1.79. The molecular formula is C16H12Cl2N2O. The molecule has 0 radical (unpaired) electrons. The molecule has 0 spiro atoms. The van der Waals surface area contributed by atoms with E-state index in [0.29, 0.717) is 15.7 Å². The molecule has 0 atom stereocenters. The van der Waals surface area contributed by atoms with Crippen LogP contribution in [0.1, 0.15) is 0 Å². The number of carbonyl (C=O) groups is 1. The van der Waals surface area contributed by atoms with Gasteiger partial charge in [-0.05, 0) is 41.8 Å². The van der Waals surface area contributed by atoms with Crippen LogP contribution in [0.3, 0.4) is 0 Å². The lowest BCUT2D eigenvalue weighted by atomic mass is 10.2. The summed E-state index contributed by atoms with van der Waals surface area (Å²) < 4.78 is 1.86. The Morgan fingerprint density at radius 3 is 2.67 bits per heavy atom. The van der Waals surface area contributed by atoms with Crippen LogP contribution in [0.5, 0.6) is 0 Å². The van der Waals surface area contributed by atoms with Gasteiger partial charge in [-0.15, -0.1) is 0 Å². The normalized spacial score (nSPS) is 10.8. The van der Waals surface area contributed by atoms with Crippen molar-refractivity contribution >= 4 is 45.7 Å². The maximum absolute atomic E-state index is 12.1. The van der Waals surface area contributed by atoms with E-state index >= 15 is 0 Å². The zero-order valence-corrected chi connectivity index (χ0v) is 12.5. The van der Waals surface area contributed by atoms with Gasteiger partial charge in [-0.25, -0.2) is 0 Å². The van der Waals surface area contributed by atoms with Gasteiger partial charge in [-0.3, -0.25) is 4.79 Å². The predicted octanol–water partition coefficient (Wildman–Crippen LogP) is 4.59. The molecule has 1 N–H and O–H groups in total. The van der Waals surface area contributed by atoms with Crippen molar-refractivity contribution in [3.05, 3.63) is 64.8 Å². The highest BCUT2D eigenvalue weighted by molar-refractivity contribution is 6.31. The third-order valence-electron chi connectivity index (χ3n) is 3.16. The second-order valence-corrected chi connectivity index (χ2v) is 5.58. The van der Waals surface area contributed by atoms with E-state index < -0.39 is 0 Å². The zero-order chi connectivity index (χ0) is 14.8. The number of halogens is 2. The summed E-state index contributed by atoms with van der Waals surface area (Å²) in [5.41, 5.74) is 1.62. The average molecular weight is 319 g/mol. The minimum absolute atomic E-state index is 0.116. The number of nitrogens with zero attached hydrogens (tertiary/aromatic N) is 1. The molecule has 0 fully saturated rings. The van der Waals surface area contributed by atoms with Crippen molar-refractivity contribution in [1.29, 1.82) is 0 Å². The summed E-state index contributed by atoms with van der Waals surface area (Å²) in [7, 11) is 0. The van der Waals surface area contributed by atoms with Crippen molar-refractivity contribution in [2.75, 3.05) is 5.32 Å². The molecule has 0 aliphatic rings. The topological polar surface area (TPSA) is 34.0 Å². The van der Waals surface area contributed by atoms with Gasteiger partial charge in [0.15, 0.2) is 0 Å². The van der Waals surface area contributed by atoms with Gasteiger partial charge in [0, 0.05) is 27.4 Å². The van der Waals surface area contributed by atoms with Gasteiger partial charge >= 0.3 is 0 Å². The van der Waals surface area contributed by atoms with E-state index in [1.165, 1.54) is 0 Å². The number of hydrogen-bond donors (Lipinski definition) is 1. The molecule has 0 saturated carbocycles. The summed E-state index contributed by atoms with van der Waals surface area (Å²) in [4.78, 5) is 12.1. The molecule has 3 aromatic rings. The Morgan fingerprint density at radius 1 is 1.05 bits per heavy atom.